The molecule has 2 aliphatic carbocycles. The van der Waals surface area contributed by atoms with E-state index in [1.807, 2.05) is 0 Å². The third-order valence-corrected chi connectivity index (χ3v) is 4.84. The molecule has 0 saturated heterocycles. The Labute approximate surface area is 130 Å². The first kappa shape index (κ1) is 13.9. The predicted molar refractivity (Wildman–Crippen MR) is 82.6 cm³/mol. The van der Waals surface area contributed by atoms with Gasteiger partial charge in [0, 0.05) is 17.6 Å². The van der Waals surface area contributed by atoms with Crippen LogP contribution in [0.3, 0.4) is 0 Å². The Morgan fingerprint density at radius 1 is 1.23 bits per heavy atom. The number of oxazole rings is 1. The number of rotatable bonds is 6. The molecular weight excluding hydrogens is 279 g/mol. The first-order chi connectivity index (χ1) is 10.7. The molecule has 4 rings (SSSR count). The van der Waals surface area contributed by atoms with Gasteiger partial charge in [-0.2, -0.15) is 0 Å². The fourth-order valence-electron chi connectivity index (χ4n) is 3.15. The zero-order valence-electron chi connectivity index (χ0n) is 12.8. The van der Waals surface area contributed by atoms with E-state index in [1.54, 1.807) is 18.3 Å². The second-order valence-electron chi connectivity index (χ2n) is 6.61. The number of hydrogen-bond acceptors (Lipinski definition) is 3. The molecule has 0 unspecified atom stereocenters. The van der Waals surface area contributed by atoms with E-state index in [9.17, 15) is 4.39 Å². The van der Waals surface area contributed by atoms with Crippen LogP contribution in [0.25, 0.3) is 11.3 Å². The van der Waals surface area contributed by atoms with Gasteiger partial charge in [-0.3, -0.25) is 4.90 Å². The maximum absolute atomic E-state index is 13.0. The van der Waals surface area contributed by atoms with Gasteiger partial charge in [0.1, 0.15) is 5.82 Å². The summed E-state index contributed by atoms with van der Waals surface area (Å²) in [5, 5.41) is 0. The molecule has 22 heavy (non-hydrogen) atoms. The van der Waals surface area contributed by atoms with Gasteiger partial charge in [-0.1, -0.05) is 0 Å². The predicted octanol–water partition coefficient (Wildman–Crippen LogP) is 4.24. The zero-order chi connectivity index (χ0) is 15.1. The van der Waals surface area contributed by atoms with Crippen molar-refractivity contribution in [2.75, 3.05) is 0 Å². The largest absolute Gasteiger partial charge is 0.439 e. The Balaban J connectivity index is 1.49. The van der Waals surface area contributed by atoms with E-state index < -0.39 is 0 Å². The highest BCUT2D eigenvalue weighted by molar-refractivity contribution is 5.55. The normalized spacial score (nSPS) is 19.6. The summed E-state index contributed by atoms with van der Waals surface area (Å²) in [7, 11) is 0. The Morgan fingerprint density at radius 3 is 2.59 bits per heavy atom. The summed E-state index contributed by atoms with van der Waals surface area (Å²) >= 11 is 0. The van der Waals surface area contributed by atoms with E-state index in [0.29, 0.717) is 17.8 Å². The first-order valence-electron chi connectivity index (χ1n) is 8.17. The van der Waals surface area contributed by atoms with Gasteiger partial charge in [0.05, 0.1) is 12.7 Å². The van der Waals surface area contributed by atoms with Gasteiger partial charge in [-0.15, -0.1) is 0 Å². The van der Waals surface area contributed by atoms with Crippen molar-refractivity contribution in [3.05, 3.63) is 42.2 Å². The lowest BCUT2D eigenvalue weighted by Crippen LogP contribution is -2.36. The van der Waals surface area contributed by atoms with Crippen molar-refractivity contribution in [3.63, 3.8) is 0 Å². The van der Waals surface area contributed by atoms with Gasteiger partial charge in [0.2, 0.25) is 5.89 Å². The molecule has 1 heterocycles. The first-order valence-corrected chi connectivity index (χ1v) is 8.17. The maximum atomic E-state index is 13.0. The van der Waals surface area contributed by atoms with Gasteiger partial charge in [-0.05, 0) is 62.8 Å². The second kappa shape index (κ2) is 5.51. The number of hydrogen-bond donors (Lipinski definition) is 0. The lowest BCUT2D eigenvalue weighted by molar-refractivity contribution is 0.155. The van der Waals surface area contributed by atoms with Crippen LogP contribution in [0.15, 0.2) is 34.9 Å². The Hall–Kier alpha value is -1.68. The summed E-state index contributed by atoms with van der Waals surface area (Å²) in [6, 6.07) is 7.67. The van der Waals surface area contributed by atoms with Crippen LogP contribution >= 0.6 is 0 Å². The number of benzene rings is 1. The van der Waals surface area contributed by atoms with Crippen molar-refractivity contribution in [1.29, 1.82) is 0 Å². The maximum Gasteiger partial charge on any atom is 0.209 e. The SMILES string of the molecule is C[C@H](C1CC1)N(Cc1ncc(-c2ccc(F)cc2)o1)C1CC1. The van der Waals surface area contributed by atoms with E-state index in [1.165, 1.54) is 37.8 Å². The minimum absolute atomic E-state index is 0.235. The lowest BCUT2D eigenvalue weighted by atomic mass is 10.2. The van der Waals surface area contributed by atoms with E-state index in [2.05, 4.69) is 16.8 Å². The minimum Gasteiger partial charge on any atom is -0.439 e. The van der Waals surface area contributed by atoms with Gasteiger partial charge in [-0.25, -0.2) is 9.37 Å². The van der Waals surface area contributed by atoms with Crippen LogP contribution in [0.1, 0.15) is 38.5 Å². The summed E-state index contributed by atoms with van der Waals surface area (Å²) in [5.41, 5.74) is 0.869. The third kappa shape index (κ3) is 2.93. The van der Waals surface area contributed by atoms with Gasteiger partial charge in [0.15, 0.2) is 5.76 Å². The van der Waals surface area contributed by atoms with Gasteiger partial charge in [0.25, 0.3) is 0 Å². The molecular formula is C18H21FN2O. The van der Waals surface area contributed by atoms with Crippen LogP contribution in [-0.4, -0.2) is 22.0 Å². The van der Waals surface area contributed by atoms with Crippen LogP contribution in [0.2, 0.25) is 0 Å². The minimum atomic E-state index is -0.235. The molecule has 2 fully saturated rings. The van der Waals surface area contributed by atoms with Crippen LogP contribution in [0.5, 0.6) is 0 Å². The highest BCUT2D eigenvalue weighted by atomic mass is 19.1. The van der Waals surface area contributed by atoms with Crippen LogP contribution in [0, 0.1) is 11.7 Å². The average molecular weight is 300 g/mol. The van der Waals surface area contributed by atoms with Crippen molar-refractivity contribution in [2.45, 2.75) is 51.2 Å². The zero-order valence-corrected chi connectivity index (χ0v) is 12.8. The molecule has 0 spiro atoms. The van der Waals surface area contributed by atoms with Crippen LogP contribution in [-0.2, 0) is 6.54 Å². The van der Waals surface area contributed by atoms with E-state index >= 15 is 0 Å². The molecule has 4 heteroatoms. The summed E-state index contributed by atoms with van der Waals surface area (Å²) in [5.74, 6) is 2.09. The highest BCUT2D eigenvalue weighted by Gasteiger charge is 2.39. The van der Waals surface area contributed by atoms with Crippen LogP contribution in [0.4, 0.5) is 4.39 Å². The Bertz CT molecular complexity index is 643. The molecule has 0 amide bonds. The van der Waals surface area contributed by atoms with E-state index in [4.69, 9.17) is 4.42 Å². The van der Waals surface area contributed by atoms with Gasteiger partial charge < -0.3 is 4.42 Å². The third-order valence-electron chi connectivity index (χ3n) is 4.84. The van der Waals surface area contributed by atoms with Crippen molar-refractivity contribution in [2.24, 2.45) is 5.92 Å². The summed E-state index contributed by atoms with van der Waals surface area (Å²) < 4.78 is 18.9. The molecule has 0 N–H and O–H groups in total. The molecule has 0 aliphatic heterocycles. The quantitative estimate of drug-likeness (QED) is 0.799. The average Bonchev–Trinajstić information content (AvgIpc) is 3.43. The molecule has 1 aromatic heterocycles. The number of nitrogens with zero attached hydrogens (tertiary/aromatic N) is 2. The Kier molecular flexibility index (Phi) is 3.49. The van der Waals surface area contributed by atoms with E-state index in [0.717, 1.165) is 23.9 Å². The summed E-state index contributed by atoms with van der Waals surface area (Å²) in [6.07, 6.45) is 7.05. The molecule has 2 aliphatic rings. The molecule has 3 nitrogen and oxygen atoms in total. The molecule has 2 aromatic rings. The molecule has 0 bridgehead atoms. The van der Waals surface area contributed by atoms with Crippen molar-refractivity contribution in [3.8, 4) is 11.3 Å². The fourth-order valence-corrected chi connectivity index (χ4v) is 3.15. The fraction of sp³-hybridized carbons (Fsp3) is 0.500. The van der Waals surface area contributed by atoms with E-state index in [-0.39, 0.29) is 5.82 Å². The molecule has 1 atom stereocenters. The number of aromatic nitrogens is 1. The van der Waals surface area contributed by atoms with Crippen molar-refractivity contribution >= 4 is 0 Å². The standard InChI is InChI=1S/C18H21FN2O/c1-12(13-2-3-13)21(16-8-9-16)11-18-20-10-17(22-18)14-4-6-15(19)7-5-14/h4-7,10,12-13,16H,2-3,8-9,11H2,1H3/t12-/m1/s1. The second-order valence-corrected chi connectivity index (χ2v) is 6.61. The lowest BCUT2D eigenvalue weighted by Gasteiger charge is -2.27. The Morgan fingerprint density at radius 2 is 1.95 bits per heavy atom. The smallest absolute Gasteiger partial charge is 0.209 e. The molecule has 2 saturated carbocycles. The molecule has 1 aromatic carbocycles. The van der Waals surface area contributed by atoms with Crippen molar-refractivity contribution in [1.82, 2.24) is 9.88 Å². The van der Waals surface area contributed by atoms with Crippen molar-refractivity contribution < 1.29 is 8.81 Å². The summed E-state index contributed by atoms with van der Waals surface area (Å²) in [6.45, 7) is 3.11. The topological polar surface area (TPSA) is 29.3 Å². The number of halogens is 1. The molecule has 116 valence electrons. The summed E-state index contributed by atoms with van der Waals surface area (Å²) in [4.78, 5) is 6.98. The molecule has 0 radical (unpaired) electrons. The monoisotopic (exact) mass is 300 g/mol. The van der Waals surface area contributed by atoms with Crippen LogP contribution < -0.4 is 0 Å². The highest BCUT2D eigenvalue weighted by Crippen LogP contribution is 2.40. The van der Waals surface area contributed by atoms with Gasteiger partial charge >= 0.3 is 0 Å².